The SMILES string of the molecule is CN=C(NCCOc1ccccc1C)NCCc1ccco1. The Bertz CT molecular complexity index is 579. The summed E-state index contributed by atoms with van der Waals surface area (Å²) >= 11 is 0. The van der Waals surface area contributed by atoms with Crippen molar-refractivity contribution in [2.24, 2.45) is 4.99 Å². The molecule has 0 bridgehead atoms. The molecule has 0 spiro atoms. The molecule has 0 saturated heterocycles. The molecular formula is C17H23N3O2. The summed E-state index contributed by atoms with van der Waals surface area (Å²) in [7, 11) is 1.75. The van der Waals surface area contributed by atoms with E-state index in [4.69, 9.17) is 9.15 Å². The van der Waals surface area contributed by atoms with Crippen molar-refractivity contribution in [3.63, 3.8) is 0 Å². The van der Waals surface area contributed by atoms with Crippen molar-refractivity contribution in [2.45, 2.75) is 13.3 Å². The Hall–Kier alpha value is -2.43. The van der Waals surface area contributed by atoms with Crippen molar-refractivity contribution in [3.05, 3.63) is 54.0 Å². The van der Waals surface area contributed by atoms with Gasteiger partial charge in [0.15, 0.2) is 5.96 Å². The number of ether oxygens (including phenoxy) is 1. The molecule has 2 rings (SSSR count). The van der Waals surface area contributed by atoms with Crippen molar-refractivity contribution in [2.75, 3.05) is 26.7 Å². The van der Waals surface area contributed by atoms with Crippen molar-refractivity contribution in [1.29, 1.82) is 0 Å². The molecule has 5 nitrogen and oxygen atoms in total. The van der Waals surface area contributed by atoms with E-state index in [2.05, 4.69) is 15.6 Å². The molecule has 2 aromatic rings. The van der Waals surface area contributed by atoms with Gasteiger partial charge < -0.3 is 19.8 Å². The smallest absolute Gasteiger partial charge is 0.191 e. The van der Waals surface area contributed by atoms with Crippen LogP contribution in [0.25, 0.3) is 0 Å². The zero-order valence-corrected chi connectivity index (χ0v) is 13.1. The van der Waals surface area contributed by atoms with Gasteiger partial charge in [-0.1, -0.05) is 18.2 Å². The van der Waals surface area contributed by atoms with Crippen molar-refractivity contribution < 1.29 is 9.15 Å². The normalized spacial score (nSPS) is 11.3. The highest BCUT2D eigenvalue weighted by Crippen LogP contribution is 2.15. The van der Waals surface area contributed by atoms with Gasteiger partial charge in [0.25, 0.3) is 0 Å². The van der Waals surface area contributed by atoms with Gasteiger partial charge in [0, 0.05) is 20.0 Å². The first-order valence-electron chi connectivity index (χ1n) is 7.45. The van der Waals surface area contributed by atoms with Gasteiger partial charge in [-0.05, 0) is 30.7 Å². The second-order valence-corrected chi connectivity index (χ2v) is 4.87. The maximum absolute atomic E-state index is 5.73. The Morgan fingerprint density at radius 2 is 1.95 bits per heavy atom. The van der Waals surface area contributed by atoms with Crippen LogP contribution in [0, 0.1) is 6.92 Å². The molecule has 118 valence electrons. The average Bonchev–Trinajstić information content (AvgIpc) is 3.04. The van der Waals surface area contributed by atoms with Gasteiger partial charge in [0.1, 0.15) is 18.1 Å². The summed E-state index contributed by atoms with van der Waals surface area (Å²) in [6.45, 7) is 4.09. The Labute approximate surface area is 131 Å². The third-order valence-corrected chi connectivity index (χ3v) is 3.21. The van der Waals surface area contributed by atoms with Crippen LogP contribution in [-0.2, 0) is 6.42 Å². The Kier molecular flexibility index (Phi) is 6.36. The Balaban J connectivity index is 1.63. The number of aliphatic imine (C=N–C) groups is 1. The maximum Gasteiger partial charge on any atom is 0.191 e. The number of hydrogen-bond donors (Lipinski definition) is 2. The van der Waals surface area contributed by atoms with Crippen molar-refractivity contribution in [1.82, 2.24) is 10.6 Å². The number of nitrogens with zero attached hydrogens (tertiary/aromatic N) is 1. The largest absolute Gasteiger partial charge is 0.491 e. The van der Waals surface area contributed by atoms with Crippen LogP contribution in [0.2, 0.25) is 0 Å². The van der Waals surface area contributed by atoms with Crippen molar-refractivity contribution >= 4 is 5.96 Å². The molecule has 0 fully saturated rings. The summed E-state index contributed by atoms with van der Waals surface area (Å²) in [6.07, 6.45) is 2.51. The van der Waals surface area contributed by atoms with Gasteiger partial charge in [0.2, 0.25) is 0 Å². The summed E-state index contributed by atoms with van der Waals surface area (Å²) in [6, 6.07) is 11.9. The van der Waals surface area contributed by atoms with Gasteiger partial charge in [-0.15, -0.1) is 0 Å². The van der Waals surface area contributed by atoms with E-state index in [0.717, 1.165) is 36.0 Å². The van der Waals surface area contributed by atoms with Crippen LogP contribution in [0.15, 0.2) is 52.1 Å². The van der Waals surface area contributed by atoms with E-state index in [-0.39, 0.29) is 0 Å². The van der Waals surface area contributed by atoms with Crippen LogP contribution in [-0.4, -0.2) is 32.7 Å². The number of guanidine groups is 1. The average molecular weight is 301 g/mol. The van der Waals surface area contributed by atoms with Gasteiger partial charge in [0.05, 0.1) is 12.8 Å². The summed E-state index contributed by atoms with van der Waals surface area (Å²) in [5.41, 5.74) is 1.14. The quantitative estimate of drug-likeness (QED) is 0.468. The highest BCUT2D eigenvalue weighted by atomic mass is 16.5. The van der Waals surface area contributed by atoms with Gasteiger partial charge in [-0.25, -0.2) is 0 Å². The molecule has 0 saturated carbocycles. The lowest BCUT2D eigenvalue weighted by Gasteiger charge is -2.13. The fourth-order valence-electron chi connectivity index (χ4n) is 2.03. The predicted molar refractivity (Wildman–Crippen MR) is 88.5 cm³/mol. The van der Waals surface area contributed by atoms with Gasteiger partial charge in [-0.3, -0.25) is 4.99 Å². The minimum atomic E-state index is 0.587. The second-order valence-electron chi connectivity index (χ2n) is 4.87. The number of nitrogens with one attached hydrogen (secondary N) is 2. The third kappa shape index (κ3) is 5.16. The van der Waals surface area contributed by atoms with Gasteiger partial charge in [-0.2, -0.15) is 0 Å². The van der Waals surface area contributed by atoms with E-state index >= 15 is 0 Å². The monoisotopic (exact) mass is 301 g/mol. The predicted octanol–water partition coefficient (Wildman–Crippen LogP) is 2.37. The number of furan rings is 1. The molecule has 0 atom stereocenters. The summed E-state index contributed by atoms with van der Waals surface area (Å²) in [5.74, 6) is 2.65. The van der Waals surface area contributed by atoms with Crippen LogP contribution in [0.1, 0.15) is 11.3 Å². The topological polar surface area (TPSA) is 58.8 Å². The van der Waals surface area contributed by atoms with E-state index in [9.17, 15) is 0 Å². The van der Waals surface area contributed by atoms with Crippen LogP contribution in [0.5, 0.6) is 5.75 Å². The third-order valence-electron chi connectivity index (χ3n) is 3.21. The molecule has 0 unspecified atom stereocenters. The second kappa shape index (κ2) is 8.77. The molecule has 5 heteroatoms. The zero-order valence-electron chi connectivity index (χ0n) is 13.1. The standard InChI is InChI=1S/C17H23N3O2/c1-14-6-3-4-8-16(14)22-13-11-20-17(18-2)19-10-9-15-7-5-12-21-15/h3-8,12H,9-11,13H2,1-2H3,(H2,18,19,20). The summed E-state index contributed by atoms with van der Waals surface area (Å²) in [5, 5.41) is 6.46. The lowest BCUT2D eigenvalue weighted by atomic mass is 10.2. The maximum atomic E-state index is 5.73. The van der Waals surface area contributed by atoms with Crippen LogP contribution in [0.4, 0.5) is 0 Å². The van der Waals surface area contributed by atoms with E-state index in [1.54, 1.807) is 13.3 Å². The molecule has 1 aromatic heterocycles. The number of rotatable bonds is 7. The molecule has 0 amide bonds. The Morgan fingerprint density at radius 1 is 1.14 bits per heavy atom. The van der Waals surface area contributed by atoms with Crippen LogP contribution in [0.3, 0.4) is 0 Å². The molecule has 0 radical (unpaired) electrons. The van der Waals surface area contributed by atoms with Crippen molar-refractivity contribution in [3.8, 4) is 5.75 Å². The van der Waals surface area contributed by atoms with E-state index in [1.165, 1.54) is 0 Å². The molecule has 0 aliphatic rings. The number of hydrogen-bond acceptors (Lipinski definition) is 3. The van der Waals surface area contributed by atoms with Gasteiger partial charge >= 0.3 is 0 Å². The minimum absolute atomic E-state index is 0.587. The summed E-state index contributed by atoms with van der Waals surface area (Å²) < 4.78 is 11.0. The number of aryl methyl sites for hydroxylation is 1. The minimum Gasteiger partial charge on any atom is -0.491 e. The first-order valence-corrected chi connectivity index (χ1v) is 7.45. The highest BCUT2D eigenvalue weighted by Gasteiger charge is 2.00. The van der Waals surface area contributed by atoms with E-state index in [1.807, 2.05) is 43.3 Å². The Morgan fingerprint density at radius 3 is 2.68 bits per heavy atom. The molecule has 0 aliphatic heterocycles. The fourth-order valence-corrected chi connectivity index (χ4v) is 2.03. The van der Waals surface area contributed by atoms with Crippen LogP contribution >= 0.6 is 0 Å². The molecular weight excluding hydrogens is 278 g/mol. The molecule has 2 N–H and O–H groups in total. The lowest BCUT2D eigenvalue weighted by molar-refractivity contribution is 0.320. The van der Waals surface area contributed by atoms with E-state index < -0.39 is 0 Å². The first kappa shape index (κ1) is 15.9. The summed E-state index contributed by atoms with van der Waals surface area (Å²) in [4.78, 5) is 4.18. The number of benzene rings is 1. The molecule has 22 heavy (non-hydrogen) atoms. The molecule has 0 aliphatic carbocycles. The first-order chi connectivity index (χ1) is 10.8. The fraction of sp³-hybridized carbons (Fsp3) is 0.353. The van der Waals surface area contributed by atoms with E-state index in [0.29, 0.717) is 13.2 Å². The molecule has 1 heterocycles. The number of para-hydroxylation sites is 1. The lowest BCUT2D eigenvalue weighted by Crippen LogP contribution is -2.40. The molecule has 1 aromatic carbocycles. The van der Waals surface area contributed by atoms with Crippen LogP contribution < -0.4 is 15.4 Å². The zero-order chi connectivity index (χ0) is 15.6. The highest BCUT2D eigenvalue weighted by molar-refractivity contribution is 5.79.